The summed E-state index contributed by atoms with van der Waals surface area (Å²) in [6.07, 6.45) is 5.29. The monoisotopic (exact) mass is 271 g/mol. The molecule has 1 amide bonds. The molecule has 6 nitrogen and oxygen atoms in total. The molecule has 0 unspecified atom stereocenters. The van der Waals surface area contributed by atoms with Gasteiger partial charge in [0.25, 0.3) is 5.91 Å². The number of carbonyl (C=O) groups is 1. The van der Waals surface area contributed by atoms with Crippen molar-refractivity contribution in [1.29, 1.82) is 0 Å². The number of hydrogen-bond acceptors (Lipinski definition) is 4. The number of carbonyl (C=O) groups excluding carboxylic acids is 1. The molecule has 1 atom stereocenters. The van der Waals surface area contributed by atoms with Gasteiger partial charge in [0.15, 0.2) is 0 Å². The maximum atomic E-state index is 12.5. The zero-order chi connectivity index (χ0) is 13.9. The quantitative estimate of drug-likeness (QED) is 0.897. The Hall–Kier alpha value is -2.21. The minimum atomic E-state index is 0.0632. The van der Waals surface area contributed by atoms with E-state index in [0.29, 0.717) is 12.1 Å². The van der Waals surface area contributed by atoms with E-state index in [-0.39, 0.29) is 11.9 Å². The Bertz CT molecular complexity index is 578. The molecule has 20 heavy (non-hydrogen) atoms. The van der Waals surface area contributed by atoms with E-state index in [9.17, 15) is 4.79 Å². The number of nitrogens with zero attached hydrogens (tertiary/aromatic N) is 4. The van der Waals surface area contributed by atoms with Crippen LogP contribution in [-0.2, 0) is 0 Å². The Balaban J connectivity index is 1.79. The summed E-state index contributed by atoms with van der Waals surface area (Å²) in [5.41, 5.74) is 7.35. The van der Waals surface area contributed by atoms with E-state index in [4.69, 9.17) is 5.73 Å². The third-order valence-corrected chi connectivity index (χ3v) is 3.74. The summed E-state index contributed by atoms with van der Waals surface area (Å²) < 4.78 is 1.80. The third kappa shape index (κ3) is 2.30. The van der Waals surface area contributed by atoms with Crippen LogP contribution in [0.5, 0.6) is 0 Å². The highest BCUT2D eigenvalue weighted by Crippen LogP contribution is 2.20. The first-order valence-electron chi connectivity index (χ1n) is 6.75. The van der Waals surface area contributed by atoms with Crippen molar-refractivity contribution in [3.63, 3.8) is 0 Å². The van der Waals surface area contributed by atoms with Gasteiger partial charge in [0.2, 0.25) is 0 Å². The Morgan fingerprint density at radius 3 is 2.60 bits per heavy atom. The van der Waals surface area contributed by atoms with Crippen LogP contribution in [0.25, 0.3) is 5.69 Å². The predicted molar refractivity (Wildman–Crippen MR) is 74.5 cm³/mol. The van der Waals surface area contributed by atoms with Crippen LogP contribution in [0.2, 0.25) is 0 Å². The molecule has 1 fully saturated rings. The van der Waals surface area contributed by atoms with E-state index < -0.39 is 0 Å². The van der Waals surface area contributed by atoms with E-state index in [0.717, 1.165) is 25.1 Å². The summed E-state index contributed by atoms with van der Waals surface area (Å²) in [5.74, 6) is 0.0632. The largest absolute Gasteiger partial charge is 0.334 e. The molecule has 0 saturated carbocycles. The molecular weight excluding hydrogens is 254 g/mol. The standard InChI is InChI=1S/C14H17N5O/c15-8-13-2-1-7-19(13)14(20)11-3-5-12(6-4-11)18-9-16-17-10-18/h3-6,9-10,13H,1-2,7-8,15H2/t13-/m1/s1. The van der Waals surface area contributed by atoms with E-state index in [1.54, 1.807) is 17.2 Å². The summed E-state index contributed by atoms with van der Waals surface area (Å²) in [7, 11) is 0. The second-order valence-corrected chi connectivity index (χ2v) is 4.95. The molecule has 1 aliphatic heterocycles. The molecule has 0 bridgehead atoms. The van der Waals surface area contributed by atoms with Crippen LogP contribution >= 0.6 is 0 Å². The van der Waals surface area contributed by atoms with Crippen molar-refractivity contribution >= 4 is 5.91 Å². The summed E-state index contributed by atoms with van der Waals surface area (Å²) in [5, 5.41) is 7.53. The van der Waals surface area contributed by atoms with E-state index >= 15 is 0 Å². The first kappa shape index (κ1) is 12.8. The molecule has 1 aromatic carbocycles. The molecule has 6 heteroatoms. The Morgan fingerprint density at radius 2 is 1.95 bits per heavy atom. The average Bonchev–Trinajstić information content (AvgIpc) is 3.17. The molecule has 2 heterocycles. The molecule has 0 aliphatic carbocycles. The molecule has 0 spiro atoms. The van der Waals surface area contributed by atoms with Gasteiger partial charge in [-0.25, -0.2) is 0 Å². The van der Waals surface area contributed by atoms with Gasteiger partial charge in [0.1, 0.15) is 12.7 Å². The normalized spacial score (nSPS) is 18.4. The summed E-state index contributed by atoms with van der Waals surface area (Å²) in [6, 6.07) is 7.64. The lowest BCUT2D eigenvalue weighted by Gasteiger charge is -2.23. The van der Waals surface area contributed by atoms with Crippen molar-refractivity contribution in [2.45, 2.75) is 18.9 Å². The van der Waals surface area contributed by atoms with Gasteiger partial charge in [0.05, 0.1) is 0 Å². The van der Waals surface area contributed by atoms with Crippen molar-refractivity contribution in [1.82, 2.24) is 19.7 Å². The van der Waals surface area contributed by atoms with Crippen LogP contribution in [0.15, 0.2) is 36.9 Å². The Labute approximate surface area is 117 Å². The summed E-state index contributed by atoms with van der Waals surface area (Å²) >= 11 is 0. The number of hydrogen-bond donors (Lipinski definition) is 1. The van der Waals surface area contributed by atoms with Crippen LogP contribution in [-0.4, -0.2) is 44.7 Å². The van der Waals surface area contributed by atoms with Crippen LogP contribution in [0.3, 0.4) is 0 Å². The smallest absolute Gasteiger partial charge is 0.254 e. The minimum Gasteiger partial charge on any atom is -0.334 e. The molecule has 2 aromatic rings. The second kappa shape index (κ2) is 5.42. The van der Waals surface area contributed by atoms with E-state index in [1.165, 1.54) is 0 Å². The highest BCUT2D eigenvalue weighted by atomic mass is 16.2. The number of nitrogens with two attached hydrogens (primary N) is 1. The first-order chi connectivity index (χ1) is 9.79. The lowest BCUT2D eigenvalue weighted by molar-refractivity contribution is 0.0741. The minimum absolute atomic E-state index is 0.0632. The summed E-state index contributed by atoms with van der Waals surface area (Å²) in [4.78, 5) is 14.3. The topological polar surface area (TPSA) is 77.0 Å². The zero-order valence-electron chi connectivity index (χ0n) is 11.1. The van der Waals surface area contributed by atoms with Crippen molar-refractivity contribution in [2.24, 2.45) is 5.73 Å². The number of amides is 1. The van der Waals surface area contributed by atoms with Gasteiger partial charge in [-0.2, -0.15) is 0 Å². The SMILES string of the molecule is NC[C@H]1CCCN1C(=O)c1ccc(-n2cnnc2)cc1. The number of likely N-dealkylation sites (tertiary alicyclic amines) is 1. The fraction of sp³-hybridized carbons (Fsp3) is 0.357. The molecule has 3 rings (SSSR count). The maximum absolute atomic E-state index is 12.5. The van der Waals surface area contributed by atoms with Gasteiger partial charge >= 0.3 is 0 Å². The molecule has 1 saturated heterocycles. The van der Waals surface area contributed by atoms with Gasteiger partial charge in [0, 0.05) is 30.4 Å². The van der Waals surface area contributed by atoms with Gasteiger partial charge < -0.3 is 10.6 Å². The van der Waals surface area contributed by atoms with Crippen LogP contribution in [0.1, 0.15) is 23.2 Å². The lowest BCUT2D eigenvalue weighted by Crippen LogP contribution is -2.39. The van der Waals surface area contributed by atoms with Gasteiger partial charge in [-0.3, -0.25) is 9.36 Å². The highest BCUT2D eigenvalue weighted by molar-refractivity contribution is 5.94. The van der Waals surface area contributed by atoms with Crippen LogP contribution in [0, 0.1) is 0 Å². The van der Waals surface area contributed by atoms with Crippen LogP contribution < -0.4 is 5.73 Å². The number of rotatable bonds is 3. The van der Waals surface area contributed by atoms with Crippen molar-refractivity contribution in [3.8, 4) is 5.69 Å². The fourth-order valence-corrected chi connectivity index (χ4v) is 2.62. The van der Waals surface area contributed by atoms with Crippen molar-refractivity contribution in [2.75, 3.05) is 13.1 Å². The molecule has 1 aromatic heterocycles. The van der Waals surface area contributed by atoms with Crippen molar-refractivity contribution < 1.29 is 4.79 Å². The first-order valence-corrected chi connectivity index (χ1v) is 6.75. The fourth-order valence-electron chi connectivity index (χ4n) is 2.62. The Kier molecular flexibility index (Phi) is 3.47. The summed E-state index contributed by atoms with van der Waals surface area (Å²) in [6.45, 7) is 1.33. The third-order valence-electron chi connectivity index (χ3n) is 3.74. The molecule has 2 N–H and O–H groups in total. The van der Waals surface area contributed by atoms with Crippen LogP contribution in [0.4, 0.5) is 0 Å². The maximum Gasteiger partial charge on any atom is 0.254 e. The number of aromatic nitrogens is 3. The highest BCUT2D eigenvalue weighted by Gasteiger charge is 2.28. The number of benzene rings is 1. The molecule has 0 radical (unpaired) electrons. The Morgan fingerprint density at radius 1 is 1.25 bits per heavy atom. The van der Waals surface area contributed by atoms with Gasteiger partial charge in [-0.15, -0.1) is 10.2 Å². The van der Waals surface area contributed by atoms with E-state index in [1.807, 2.05) is 29.2 Å². The molecule has 1 aliphatic rings. The average molecular weight is 271 g/mol. The van der Waals surface area contributed by atoms with E-state index in [2.05, 4.69) is 10.2 Å². The van der Waals surface area contributed by atoms with Gasteiger partial charge in [-0.05, 0) is 37.1 Å². The lowest BCUT2D eigenvalue weighted by atomic mass is 10.1. The zero-order valence-corrected chi connectivity index (χ0v) is 11.1. The van der Waals surface area contributed by atoms with Crippen molar-refractivity contribution in [3.05, 3.63) is 42.5 Å². The van der Waals surface area contributed by atoms with Gasteiger partial charge in [-0.1, -0.05) is 0 Å². The molecule has 104 valence electrons. The predicted octanol–water partition coefficient (Wildman–Crippen LogP) is 0.831. The molecular formula is C14H17N5O. The second-order valence-electron chi connectivity index (χ2n) is 4.95.